The van der Waals surface area contributed by atoms with Gasteiger partial charge in [0.25, 0.3) is 0 Å². The molecule has 1 aromatic carbocycles. The van der Waals surface area contributed by atoms with Crippen LogP contribution in [0, 0.1) is 12.3 Å². The van der Waals surface area contributed by atoms with Gasteiger partial charge in [0.15, 0.2) is 0 Å². The third-order valence-electron chi connectivity index (χ3n) is 4.38. The number of benzene rings is 1. The number of rotatable bonds is 9. The maximum Gasteiger partial charge on any atom is 0.124 e. The molecule has 1 aliphatic rings. The second-order valence-corrected chi connectivity index (χ2v) is 6.13. The number of methoxy groups -OCH3 is 2. The van der Waals surface area contributed by atoms with Crippen molar-refractivity contribution in [1.29, 1.82) is 0 Å². The highest BCUT2D eigenvalue weighted by molar-refractivity contribution is 5.38. The Morgan fingerprint density at radius 2 is 2.10 bits per heavy atom. The largest absolute Gasteiger partial charge is 0.496 e. The fourth-order valence-electron chi connectivity index (χ4n) is 2.71. The molecule has 1 aromatic rings. The van der Waals surface area contributed by atoms with Crippen LogP contribution in [0.4, 0.5) is 0 Å². The molecule has 4 nitrogen and oxygen atoms in total. The van der Waals surface area contributed by atoms with E-state index in [1.807, 2.05) is 25.1 Å². The summed E-state index contributed by atoms with van der Waals surface area (Å²) in [5.41, 5.74) is 2.38. The molecule has 0 amide bonds. The fourth-order valence-corrected chi connectivity index (χ4v) is 2.71. The van der Waals surface area contributed by atoms with Gasteiger partial charge in [-0.05, 0) is 43.7 Å². The molecule has 1 fully saturated rings. The molecule has 0 heterocycles. The van der Waals surface area contributed by atoms with Crippen molar-refractivity contribution in [3.8, 4) is 5.75 Å². The first kappa shape index (κ1) is 16.3. The Morgan fingerprint density at radius 1 is 1.33 bits per heavy atom. The van der Waals surface area contributed by atoms with Gasteiger partial charge in [-0.15, -0.1) is 0 Å². The Bertz CT molecular complexity index is 457. The molecule has 0 radical (unpaired) electrons. The zero-order valence-corrected chi connectivity index (χ0v) is 13.3. The van der Waals surface area contributed by atoms with Gasteiger partial charge in [0.1, 0.15) is 5.75 Å². The van der Waals surface area contributed by atoms with Crippen molar-refractivity contribution in [1.82, 2.24) is 5.32 Å². The Morgan fingerprint density at radius 3 is 2.71 bits per heavy atom. The van der Waals surface area contributed by atoms with Crippen molar-refractivity contribution >= 4 is 0 Å². The predicted octanol–water partition coefficient (Wildman–Crippen LogP) is 2.44. The molecule has 1 atom stereocenters. The maximum absolute atomic E-state index is 10.4. The number of aryl methyl sites for hydroxylation is 1. The van der Waals surface area contributed by atoms with Gasteiger partial charge in [0.05, 0.1) is 13.2 Å². The van der Waals surface area contributed by atoms with E-state index in [-0.39, 0.29) is 0 Å². The fraction of sp³-hybridized carbons (Fsp3) is 0.647. The van der Waals surface area contributed by atoms with Gasteiger partial charge in [0, 0.05) is 32.4 Å². The molecule has 0 bridgehead atoms. The van der Waals surface area contributed by atoms with Crippen LogP contribution in [0.2, 0.25) is 0 Å². The van der Waals surface area contributed by atoms with Gasteiger partial charge in [-0.25, -0.2) is 0 Å². The number of hydrogen-bond acceptors (Lipinski definition) is 4. The molecule has 118 valence electrons. The highest BCUT2D eigenvalue weighted by Gasteiger charge is 2.41. The molecule has 0 aliphatic heterocycles. The summed E-state index contributed by atoms with van der Waals surface area (Å²) in [6.45, 7) is 4.33. The zero-order valence-electron chi connectivity index (χ0n) is 13.3. The van der Waals surface area contributed by atoms with E-state index in [4.69, 9.17) is 9.47 Å². The van der Waals surface area contributed by atoms with Crippen molar-refractivity contribution in [3.05, 3.63) is 29.3 Å². The van der Waals surface area contributed by atoms with Gasteiger partial charge < -0.3 is 19.9 Å². The van der Waals surface area contributed by atoms with Gasteiger partial charge in [0.2, 0.25) is 0 Å². The first-order chi connectivity index (χ1) is 10.1. The summed E-state index contributed by atoms with van der Waals surface area (Å²) in [6, 6.07) is 5.89. The van der Waals surface area contributed by atoms with Crippen LogP contribution in [-0.2, 0) is 4.74 Å². The van der Waals surface area contributed by atoms with E-state index in [2.05, 4.69) is 5.32 Å². The second-order valence-electron chi connectivity index (χ2n) is 6.13. The highest BCUT2D eigenvalue weighted by atomic mass is 16.5. The zero-order chi connectivity index (χ0) is 15.3. The third-order valence-corrected chi connectivity index (χ3v) is 4.38. The minimum absolute atomic E-state index is 0.395. The van der Waals surface area contributed by atoms with E-state index in [0.717, 1.165) is 36.4 Å². The third kappa shape index (κ3) is 4.43. The minimum Gasteiger partial charge on any atom is -0.496 e. The average molecular weight is 293 g/mol. The summed E-state index contributed by atoms with van der Waals surface area (Å²) >= 11 is 0. The topological polar surface area (TPSA) is 50.7 Å². The Kier molecular flexibility index (Phi) is 5.62. The van der Waals surface area contributed by atoms with Gasteiger partial charge in [-0.2, -0.15) is 0 Å². The predicted molar refractivity (Wildman–Crippen MR) is 83.7 cm³/mol. The van der Waals surface area contributed by atoms with E-state index in [1.165, 1.54) is 12.8 Å². The minimum atomic E-state index is -0.543. The van der Waals surface area contributed by atoms with Gasteiger partial charge >= 0.3 is 0 Å². The Hall–Kier alpha value is -1.10. The molecule has 1 unspecified atom stereocenters. The molecule has 0 aromatic heterocycles. The first-order valence-electron chi connectivity index (χ1n) is 7.62. The molecule has 1 saturated carbocycles. The molecule has 2 N–H and O–H groups in total. The number of hydrogen-bond donors (Lipinski definition) is 2. The quantitative estimate of drug-likeness (QED) is 0.734. The van der Waals surface area contributed by atoms with Crippen LogP contribution in [0.15, 0.2) is 18.2 Å². The molecular weight excluding hydrogens is 266 g/mol. The van der Waals surface area contributed by atoms with Gasteiger partial charge in [-0.1, -0.05) is 11.6 Å². The summed E-state index contributed by atoms with van der Waals surface area (Å²) in [7, 11) is 3.38. The average Bonchev–Trinajstić information content (AvgIpc) is 3.25. The molecule has 0 spiro atoms. The summed E-state index contributed by atoms with van der Waals surface area (Å²) in [5.74, 6) is 0.746. The van der Waals surface area contributed by atoms with Crippen LogP contribution in [0.25, 0.3) is 0 Å². The number of aliphatic hydroxyl groups excluding tert-OH is 1. The van der Waals surface area contributed by atoms with Crippen LogP contribution >= 0.6 is 0 Å². The number of nitrogens with one attached hydrogen (secondary N) is 1. The summed E-state index contributed by atoms with van der Waals surface area (Å²) < 4.78 is 10.5. The Balaban J connectivity index is 1.85. The normalized spacial score (nSPS) is 17.5. The van der Waals surface area contributed by atoms with Crippen molar-refractivity contribution in [2.45, 2.75) is 32.3 Å². The van der Waals surface area contributed by atoms with Crippen LogP contribution < -0.4 is 10.1 Å². The lowest BCUT2D eigenvalue weighted by Gasteiger charge is -2.19. The van der Waals surface area contributed by atoms with Crippen molar-refractivity contribution < 1.29 is 14.6 Å². The van der Waals surface area contributed by atoms with E-state index < -0.39 is 6.10 Å². The molecule has 1 aliphatic carbocycles. The lowest BCUT2D eigenvalue weighted by Crippen LogP contribution is -2.29. The second kappa shape index (κ2) is 7.25. The van der Waals surface area contributed by atoms with Crippen LogP contribution in [0.3, 0.4) is 0 Å². The van der Waals surface area contributed by atoms with Crippen LogP contribution in [-0.4, -0.2) is 39.0 Å². The maximum atomic E-state index is 10.4. The Labute approximate surface area is 127 Å². The molecule has 0 saturated heterocycles. The van der Waals surface area contributed by atoms with Crippen LogP contribution in [0.1, 0.15) is 36.5 Å². The molecule has 4 heteroatoms. The van der Waals surface area contributed by atoms with Gasteiger partial charge in [-0.3, -0.25) is 0 Å². The first-order valence-corrected chi connectivity index (χ1v) is 7.62. The van der Waals surface area contributed by atoms with E-state index >= 15 is 0 Å². The van der Waals surface area contributed by atoms with E-state index in [1.54, 1.807) is 14.2 Å². The molecular formula is C17H27NO3. The van der Waals surface area contributed by atoms with E-state index in [0.29, 0.717) is 12.0 Å². The molecule has 21 heavy (non-hydrogen) atoms. The van der Waals surface area contributed by atoms with Crippen LogP contribution in [0.5, 0.6) is 5.75 Å². The summed E-state index contributed by atoms with van der Waals surface area (Å²) in [5, 5.41) is 13.8. The standard InChI is InChI=1S/C17H27NO3/c1-13-4-5-16(21-3)14(10-13)15(19)11-18-12-17(6-7-17)8-9-20-2/h4-5,10,15,18-19H,6-9,11-12H2,1-3H3. The van der Waals surface area contributed by atoms with Crippen molar-refractivity contribution in [2.24, 2.45) is 5.41 Å². The summed E-state index contributed by atoms with van der Waals surface area (Å²) in [6.07, 6.45) is 3.07. The lowest BCUT2D eigenvalue weighted by atomic mass is 10.0. The monoisotopic (exact) mass is 293 g/mol. The summed E-state index contributed by atoms with van der Waals surface area (Å²) in [4.78, 5) is 0. The van der Waals surface area contributed by atoms with Crippen molar-refractivity contribution in [2.75, 3.05) is 33.9 Å². The number of ether oxygens (including phenoxy) is 2. The SMILES string of the molecule is COCCC1(CNCC(O)c2cc(C)ccc2OC)CC1. The molecule has 2 rings (SSSR count). The lowest BCUT2D eigenvalue weighted by molar-refractivity contribution is 0.156. The van der Waals surface area contributed by atoms with Crippen molar-refractivity contribution in [3.63, 3.8) is 0 Å². The smallest absolute Gasteiger partial charge is 0.124 e. The van der Waals surface area contributed by atoms with E-state index in [9.17, 15) is 5.11 Å². The number of aliphatic hydroxyl groups is 1. The highest BCUT2D eigenvalue weighted by Crippen LogP contribution is 2.48.